The minimum atomic E-state index is -0.372. The van der Waals surface area contributed by atoms with E-state index < -0.39 is 0 Å². The molecule has 5 nitrogen and oxygen atoms in total. The minimum Gasteiger partial charge on any atom is -0.375 e. The number of halogens is 2. The van der Waals surface area contributed by atoms with Crippen LogP contribution in [0.25, 0.3) is 0 Å². The van der Waals surface area contributed by atoms with Gasteiger partial charge in [0.25, 0.3) is 5.91 Å². The highest BCUT2D eigenvalue weighted by Crippen LogP contribution is 2.20. The van der Waals surface area contributed by atoms with Crippen molar-refractivity contribution < 1.29 is 23.1 Å². The Kier molecular flexibility index (Phi) is 8.05. The number of methoxy groups -OCH3 is 1. The number of nitrogens with zero attached hydrogens (tertiary/aromatic N) is 1. The van der Waals surface area contributed by atoms with Gasteiger partial charge < -0.3 is 15.0 Å². The summed E-state index contributed by atoms with van der Waals surface area (Å²) < 4.78 is 31.5. The highest BCUT2D eigenvalue weighted by Gasteiger charge is 2.17. The number of rotatable bonds is 9. The van der Waals surface area contributed by atoms with Crippen molar-refractivity contribution in [2.75, 3.05) is 18.6 Å². The van der Waals surface area contributed by atoms with Gasteiger partial charge in [0.05, 0.1) is 13.0 Å². The molecule has 0 saturated heterocycles. The van der Waals surface area contributed by atoms with E-state index in [0.717, 1.165) is 11.1 Å². The quantitative estimate of drug-likeness (QED) is 0.549. The summed E-state index contributed by atoms with van der Waals surface area (Å²) in [5.41, 5.74) is 2.85. The summed E-state index contributed by atoms with van der Waals surface area (Å²) in [6, 6.07) is 19.0. The summed E-state index contributed by atoms with van der Waals surface area (Å²) in [6.07, 6.45) is 0.164. The number of anilines is 1. The van der Waals surface area contributed by atoms with E-state index in [-0.39, 0.29) is 43.0 Å². The maximum absolute atomic E-state index is 13.5. The summed E-state index contributed by atoms with van der Waals surface area (Å²) in [5.74, 6) is -1.13. The van der Waals surface area contributed by atoms with Crippen LogP contribution in [-0.2, 0) is 33.8 Å². The van der Waals surface area contributed by atoms with Crippen molar-refractivity contribution in [3.63, 3.8) is 0 Å². The zero-order valence-corrected chi connectivity index (χ0v) is 17.7. The third kappa shape index (κ3) is 6.72. The van der Waals surface area contributed by atoms with Crippen LogP contribution in [0.1, 0.15) is 16.7 Å². The Morgan fingerprint density at radius 2 is 1.56 bits per heavy atom. The molecule has 1 N–H and O–H groups in total. The average molecular weight is 438 g/mol. The van der Waals surface area contributed by atoms with Gasteiger partial charge >= 0.3 is 0 Å². The lowest BCUT2D eigenvalue weighted by atomic mass is 10.1. The summed E-state index contributed by atoms with van der Waals surface area (Å²) in [5, 5.41) is 2.80. The van der Waals surface area contributed by atoms with Crippen molar-refractivity contribution >= 4 is 17.5 Å². The normalized spacial score (nSPS) is 10.6. The van der Waals surface area contributed by atoms with E-state index in [4.69, 9.17) is 4.74 Å². The molecule has 166 valence electrons. The van der Waals surface area contributed by atoms with Gasteiger partial charge in [0, 0.05) is 19.3 Å². The van der Waals surface area contributed by atoms with Gasteiger partial charge in [0.1, 0.15) is 18.2 Å². The van der Waals surface area contributed by atoms with Crippen LogP contribution in [-0.4, -0.2) is 25.5 Å². The molecule has 32 heavy (non-hydrogen) atoms. The van der Waals surface area contributed by atoms with Crippen LogP contribution in [0.3, 0.4) is 0 Å². The summed E-state index contributed by atoms with van der Waals surface area (Å²) in [7, 11) is 1.44. The summed E-state index contributed by atoms with van der Waals surface area (Å²) >= 11 is 0. The van der Waals surface area contributed by atoms with Gasteiger partial charge in [-0.25, -0.2) is 8.78 Å². The molecule has 7 heteroatoms. The van der Waals surface area contributed by atoms with Crippen LogP contribution in [0.4, 0.5) is 14.5 Å². The van der Waals surface area contributed by atoms with E-state index in [2.05, 4.69) is 5.32 Å². The van der Waals surface area contributed by atoms with Crippen LogP contribution in [0.5, 0.6) is 0 Å². The van der Waals surface area contributed by atoms with Crippen molar-refractivity contribution in [1.29, 1.82) is 0 Å². The number of benzene rings is 3. The van der Waals surface area contributed by atoms with Crippen LogP contribution in [0.15, 0.2) is 72.8 Å². The van der Waals surface area contributed by atoms with Gasteiger partial charge in [0.2, 0.25) is 5.91 Å². The standard InChI is InChI=1S/C25H24F2N2O3/c1-32-17-25(31)29(16-20-3-2-4-22(27)13-20)23-11-7-18(8-12-23)14-24(30)28-15-19-5-9-21(26)10-6-19/h2-13H,14-17H2,1H3,(H,28,30). The van der Waals surface area contributed by atoms with Crippen molar-refractivity contribution in [3.05, 3.63) is 101 Å². The van der Waals surface area contributed by atoms with Gasteiger partial charge in [0.15, 0.2) is 0 Å². The fraction of sp³-hybridized carbons (Fsp3) is 0.200. The van der Waals surface area contributed by atoms with Crippen LogP contribution < -0.4 is 10.2 Å². The molecule has 0 aliphatic carbocycles. The lowest BCUT2D eigenvalue weighted by Gasteiger charge is -2.23. The molecule has 0 aliphatic rings. The second-order valence-electron chi connectivity index (χ2n) is 7.29. The summed E-state index contributed by atoms with van der Waals surface area (Å²) in [4.78, 5) is 26.3. The first-order valence-corrected chi connectivity index (χ1v) is 10.1. The van der Waals surface area contributed by atoms with E-state index in [1.54, 1.807) is 48.5 Å². The molecule has 0 spiro atoms. The number of hydrogen-bond donors (Lipinski definition) is 1. The van der Waals surface area contributed by atoms with Crippen molar-refractivity contribution in [2.45, 2.75) is 19.5 Å². The molecule has 0 unspecified atom stereocenters. The SMILES string of the molecule is COCC(=O)N(Cc1cccc(F)c1)c1ccc(CC(=O)NCc2ccc(F)cc2)cc1. The van der Waals surface area contributed by atoms with E-state index in [0.29, 0.717) is 17.8 Å². The number of carbonyl (C=O) groups excluding carboxylic acids is 2. The Labute approximate surface area is 185 Å². The lowest BCUT2D eigenvalue weighted by molar-refractivity contribution is -0.122. The smallest absolute Gasteiger partial charge is 0.253 e. The molecule has 0 fully saturated rings. The maximum Gasteiger partial charge on any atom is 0.253 e. The molecule has 0 aromatic heterocycles. The first kappa shape index (κ1) is 23.1. The van der Waals surface area contributed by atoms with Crippen LogP contribution >= 0.6 is 0 Å². The summed E-state index contributed by atoms with van der Waals surface area (Å²) in [6.45, 7) is 0.393. The Bertz CT molecular complexity index is 1050. The molecule has 2 amide bonds. The highest BCUT2D eigenvalue weighted by atomic mass is 19.1. The maximum atomic E-state index is 13.5. The minimum absolute atomic E-state index is 0.108. The Morgan fingerprint density at radius 1 is 0.875 bits per heavy atom. The second-order valence-corrected chi connectivity index (χ2v) is 7.29. The molecule has 3 aromatic rings. The molecule has 0 radical (unpaired) electrons. The molecule has 0 heterocycles. The Morgan fingerprint density at radius 3 is 2.22 bits per heavy atom. The largest absolute Gasteiger partial charge is 0.375 e. The molecule has 0 atom stereocenters. The van der Waals surface area contributed by atoms with Crippen LogP contribution in [0.2, 0.25) is 0 Å². The third-order valence-electron chi connectivity index (χ3n) is 4.81. The Balaban J connectivity index is 1.64. The van der Waals surface area contributed by atoms with Gasteiger partial charge in [-0.05, 0) is 53.1 Å². The van der Waals surface area contributed by atoms with Crippen molar-refractivity contribution in [1.82, 2.24) is 5.32 Å². The van der Waals surface area contributed by atoms with E-state index in [9.17, 15) is 18.4 Å². The average Bonchev–Trinajstić information content (AvgIpc) is 2.78. The predicted molar refractivity (Wildman–Crippen MR) is 118 cm³/mol. The molecular weight excluding hydrogens is 414 g/mol. The first-order valence-electron chi connectivity index (χ1n) is 10.1. The number of amides is 2. The van der Waals surface area contributed by atoms with Crippen LogP contribution in [0, 0.1) is 11.6 Å². The molecule has 0 saturated carbocycles. The fourth-order valence-corrected chi connectivity index (χ4v) is 3.19. The molecule has 0 bridgehead atoms. The van der Waals surface area contributed by atoms with E-state index >= 15 is 0 Å². The third-order valence-corrected chi connectivity index (χ3v) is 4.81. The first-order chi connectivity index (χ1) is 15.4. The number of ether oxygens (including phenoxy) is 1. The van der Waals surface area contributed by atoms with Gasteiger partial charge in [-0.2, -0.15) is 0 Å². The monoisotopic (exact) mass is 438 g/mol. The Hall–Kier alpha value is -3.58. The van der Waals surface area contributed by atoms with Crippen molar-refractivity contribution in [3.8, 4) is 0 Å². The van der Waals surface area contributed by atoms with Crippen molar-refractivity contribution in [2.24, 2.45) is 0 Å². The molecular formula is C25H24F2N2O3. The highest BCUT2D eigenvalue weighted by molar-refractivity contribution is 5.94. The fourth-order valence-electron chi connectivity index (χ4n) is 3.19. The number of nitrogens with one attached hydrogen (secondary N) is 1. The molecule has 0 aliphatic heterocycles. The van der Waals surface area contributed by atoms with E-state index in [1.165, 1.54) is 36.3 Å². The van der Waals surface area contributed by atoms with Gasteiger partial charge in [-0.1, -0.05) is 36.4 Å². The molecule has 3 aromatic carbocycles. The van der Waals surface area contributed by atoms with E-state index in [1.807, 2.05) is 0 Å². The predicted octanol–water partition coefficient (Wildman–Crippen LogP) is 4.00. The zero-order chi connectivity index (χ0) is 22.9. The molecule has 3 rings (SSSR count). The zero-order valence-electron chi connectivity index (χ0n) is 17.7. The second kappa shape index (κ2) is 11.2. The lowest BCUT2D eigenvalue weighted by Crippen LogP contribution is -2.33. The number of hydrogen-bond acceptors (Lipinski definition) is 3. The number of carbonyl (C=O) groups is 2. The van der Waals surface area contributed by atoms with Gasteiger partial charge in [-0.15, -0.1) is 0 Å². The topological polar surface area (TPSA) is 58.6 Å². The van der Waals surface area contributed by atoms with Gasteiger partial charge in [-0.3, -0.25) is 9.59 Å².